The zero-order valence-corrected chi connectivity index (χ0v) is 18.4. The standard InChI is InChI=1S/C23H31N3O4/c1-5-26(9-11-29-13-12-28-4)18-6-7-19-22(15-18)30-23-16-20(24-8-10-27-3)17(2)14-21(23)25-19/h6-7,14-16H,5,8-13H2,1-4H3/p+1. The molecule has 2 aliphatic rings. The number of fused-ring (bicyclic) bond motifs is 2. The van der Waals surface area contributed by atoms with E-state index in [1.54, 1.807) is 14.2 Å². The molecule has 0 aromatic heterocycles. The number of aromatic nitrogens is 1. The molecule has 0 bridgehead atoms. The summed E-state index contributed by atoms with van der Waals surface area (Å²) in [6.45, 7) is 9.15. The van der Waals surface area contributed by atoms with Crippen molar-refractivity contribution < 1.29 is 18.6 Å². The summed E-state index contributed by atoms with van der Waals surface area (Å²) >= 11 is 0. The fourth-order valence-corrected chi connectivity index (χ4v) is 3.33. The minimum absolute atomic E-state index is 0.608. The monoisotopic (exact) mass is 414 g/mol. The van der Waals surface area contributed by atoms with Crippen LogP contribution in [0.5, 0.6) is 0 Å². The second-order valence-electron chi connectivity index (χ2n) is 7.11. The van der Waals surface area contributed by atoms with Gasteiger partial charge >= 0.3 is 0 Å². The Morgan fingerprint density at radius 1 is 1.03 bits per heavy atom. The average molecular weight is 415 g/mol. The Bertz CT molecular complexity index is 999. The second-order valence-corrected chi connectivity index (χ2v) is 7.11. The largest absolute Gasteiger partial charge is 0.452 e. The number of nitrogens with one attached hydrogen (secondary N) is 1. The van der Waals surface area contributed by atoms with E-state index in [0.29, 0.717) is 26.4 Å². The van der Waals surface area contributed by atoms with Gasteiger partial charge in [0.2, 0.25) is 5.36 Å². The van der Waals surface area contributed by atoms with Crippen molar-refractivity contribution in [3.8, 4) is 11.5 Å². The quantitative estimate of drug-likeness (QED) is 0.296. The lowest BCUT2D eigenvalue weighted by Gasteiger charge is -2.12. The lowest BCUT2D eigenvalue weighted by Crippen LogP contribution is -2.33. The van der Waals surface area contributed by atoms with Gasteiger partial charge in [-0.2, -0.15) is 0 Å². The normalized spacial score (nSPS) is 12.5. The molecule has 1 aliphatic carbocycles. The van der Waals surface area contributed by atoms with Crippen LogP contribution in [0.2, 0.25) is 0 Å². The van der Waals surface area contributed by atoms with Crippen LogP contribution in [0, 0.1) is 6.92 Å². The van der Waals surface area contributed by atoms with Gasteiger partial charge in [-0.1, -0.05) is 0 Å². The zero-order chi connectivity index (χ0) is 21.3. The van der Waals surface area contributed by atoms with Crippen LogP contribution >= 0.6 is 0 Å². The predicted molar refractivity (Wildman–Crippen MR) is 119 cm³/mol. The number of anilines is 1. The van der Waals surface area contributed by atoms with Crippen molar-refractivity contribution in [3.63, 3.8) is 0 Å². The van der Waals surface area contributed by atoms with Crippen molar-refractivity contribution in [3.05, 3.63) is 41.3 Å². The third kappa shape index (κ3) is 5.56. The maximum absolute atomic E-state index is 6.23. The number of nitrogens with zero attached hydrogens (tertiary/aromatic N) is 2. The van der Waals surface area contributed by atoms with Gasteiger partial charge in [0.15, 0.2) is 17.9 Å². The van der Waals surface area contributed by atoms with E-state index in [1.165, 1.54) is 0 Å². The predicted octanol–water partition coefficient (Wildman–Crippen LogP) is 2.75. The first-order valence-electron chi connectivity index (χ1n) is 10.4. The van der Waals surface area contributed by atoms with E-state index in [-0.39, 0.29) is 0 Å². The fraction of sp³-hybridized carbons (Fsp3) is 0.478. The van der Waals surface area contributed by atoms with Crippen molar-refractivity contribution in [1.82, 2.24) is 9.56 Å². The van der Waals surface area contributed by atoms with Crippen LogP contribution < -0.4 is 15.2 Å². The molecule has 0 radical (unpaired) electrons. The van der Waals surface area contributed by atoms with Gasteiger partial charge in [-0.05, 0) is 31.5 Å². The Hall–Kier alpha value is -2.48. The summed E-state index contributed by atoms with van der Waals surface area (Å²) in [6, 6.07) is 10.2. The lowest BCUT2D eigenvalue weighted by atomic mass is 10.1. The number of hydrogen-bond acceptors (Lipinski definition) is 6. The van der Waals surface area contributed by atoms with E-state index in [1.807, 2.05) is 12.1 Å². The SMILES string of the molecule is CC/[N+](CCOCCOC)=c1/ccc2nc3cc(C)c(NCCOC)cc3oc-2c1. The Kier molecular flexibility index (Phi) is 8.19. The van der Waals surface area contributed by atoms with Gasteiger partial charge in [-0.25, -0.2) is 9.56 Å². The van der Waals surface area contributed by atoms with Gasteiger partial charge in [0.25, 0.3) is 0 Å². The summed E-state index contributed by atoms with van der Waals surface area (Å²) < 4.78 is 24.3. The molecule has 3 rings (SSSR count). The molecule has 0 amide bonds. The number of methoxy groups -OCH3 is 2. The summed E-state index contributed by atoms with van der Waals surface area (Å²) in [5.74, 6) is 0.769. The molecule has 30 heavy (non-hydrogen) atoms. The van der Waals surface area contributed by atoms with Crippen LogP contribution in [0.15, 0.2) is 34.7 Å². The molecule has 0 unspecified atom stereocenters. The molecular formula is C23H32N3O4+. The molecule has 162 valence electrons. The summed E-state index contributed by atoms with van der Waals surface area (Å²) in [4.78, 5) is 4.79. The Morgan fingerprint density at radius 2 is 1.87 bits per heavy atom. The second kappa shape index (κ2) is 11.1. The zero-order valence-electron chi connectivity index (χ0n) is 18.4. The van der Waals surface area contributed by atoms with Crippen molar-refractivity contribution in [2.24, 2.45) is 0 Å². The van der Waals surface area contributed by atoms with Crippen LogP contribution in [0.4, 0.5) is 5.69 Å². The molecular weight excluding hydrogens is 382 g/mol. The number of aryl methyl sites for hydroxylation is 1. The number of ether oxygens (including phenoxy) is 3. The summed E-state index contributed by atoms with van der Waals surface area (Å²) in [5.41, 5.74) is 4.62. The molecule has 1 heterocycles. The van der Waals surface area contributed by atoms with Crippen molar-refractivity contribution in [1.29, 1.82) is 0 Å². The van der Waals surface area contributed by atoms with E-state index in [4.69, 9.17) is 23.6 Å². The smallest absolute Gasteiger partial charge is 0.203 e. The molecule has 0 saturated carbocycles. The molecule has 7 nitrogen and oxygen atoms in total. The third-order valence-corrected chi connectivity index (χ3v) is 5.02. The van der Waals surface area contributed by atoms with Crippen LogP contribution in [0.3, 0.4) is 0 Å². The van der Waals surface area contributed by atoms with Crippen molar-refractivity contribution in [2.75, 3.05) is 65.6 Å². The number of hydrogen-bond donors (Lipinski definition) is 1. The van der Waals surface area contributed by atoms with Crippen LogP contribution in [-0.4, -0.2) is 65.3 Å². The molecule has 0 spiro atoms. The lowest BCUT2D eigenvalue weighted by molar-refractivity contribution is 0.0702. The maximum atomic E-state index is 6.23. The molecule has 1 N–H and O–H groups in total. The highest BCUT2D eigenvalue weighted by Gasteiger charge is 2.13. The number of rotatable bonds is 11. The Labute approximate surface area is 177 Å². The molecule has 1 aliphatic heterocycles. The van der Waals surface area contributed by atoms with E-state index >= 15 is 0 Å². The minimum atomic E-state index is 0.608. The Balaban J connectivity index is 1.91. The first-order valence-corrected chi connectivity index (χ1v) is 10.4. The molecule has 0 fully saturated rings. The number of likely N-dealkylation sites (N-methyl/N-ethyl adjacent to an activating group) is 1. The van der Waals surface area contributed by atoms with Crippen molar-refractivity contribution in [2.45, 2.75) is 13.8 Å². The summed E-state index contributed by atoms with van der Waals surface area (Å²) in [6.07, 6.45) is 0. The van der Waals surface area contributed by atoms with E-state index in [9.17, 15) is 0 Å². The highest BCUT2D eigenvalue weighted by Crippen LogP contribution is 2.27. The maximum Gasteiger partial charge on any atom is 0.203 e. The molecule has 1 aromatic carbocycles. The van der Waals surface area contributed by atoms with Gasteiger partial charge in [-0.3, -0.25) is 0 Å². The summed E-state index contributed by atoms with van der Waals surface area (Å²) in [7, 11) is 3.38. The van der Waals surface area contributed by atoms with Gasteiger partial charge in [0, 0.05) is 38.6 Å². The van der Waals surface area contributed by atoms with Gasteiger partial charge in [0.05, 0.1) is 25.9 Å². The number of benzene rings is 2. The topological polar surface area (TPSA) is 68.8 Å². The highest BCUT2D eigenvalue weighted by atomic mass is 16.5. The minimum Gasteiger partial charge on any atom is -0.452 e. The third-order valence-electron chi connectivity index (χ3n) is 5.02. The van der Waals surface area contributed by atoms with Crippen LogP contribution in [0.25, 0.3) is 22.6 Å². The molecule has 0 saturated heterocycles. The Morgan fingerprint density at radius 3 is 2.63 bits per heavy atom. The highest BCUT2D eigenvalue weighted by molar-refractivity contribution is 5.81. The van der Waals surface area contributed by atoms with Gasteiger partial charge in [-0.15, -0.1) is 0 Å². The first kappa shape index (κ1) is 22.2. The summed E-state index contributed by atoms with van der Waals surface area (Å²) in [5, 5.41) is 4.48. The van der Waals surface area contributed by atoms with Crippen molar-refractivity contribution >= 4 is 16.8 Å². The van der Waals surface area contributed by atoms with Crippen LogP contribution in [0.1, 0.15) is 12.5 Å². The average Bonchev–Trinajstić information content (AvgIpc) is 2.75. The van der Waals surface area contributed by atoms with Gasteiger partial charge < -0.3 is 23.9 Å². The molecule has 1 aromatic rings. The van der Waals surface area contributed by atoms with Crippen LogP contribution in [-0.2, 0) is 14.2 Å². The van der Waals surface area contributed by atoms with E-state index in [0.717, 1.165) is 58.8 Å². The molecule has 0 atom stereocenters. The molecule has 7 heteroatoms. The first-order chi connectivity index (χ1) is 14.7. The van der Waals surface area contributed by atoms with Gasteiger partial charge in [0.1, 0.15) is 24.4 Å². The van der Waals surface area contributed by atoms with E-state index in [2.05, 4.69) is 41.9 Å². The fourth-order valence-electron chi connectivity index (χ4n) is 3.33. The van der Waals surface area contributed by atoms with E-state index < -0.39 is 0 Å².